The van der Waals surface area contributed by atoms with Crippen LogP contribution in [0.2, 0.25) is 0 Å². The molecule has 0 amide bonds. The molecule has 0 saturated carbocycles. The van der Waals surface area contributed by atoms with Crippen LogP contribution in [0.3, 0.4) is 0 Å². The van der Waals surface area contributed by atoms with E-state index in [0.717, 1.165) is 5.56 Å². The van der Waals surface area contributed by atoms with Gasteiger partial charge in [-0.1, -0.05) is 6.07 Å². The lowest BCUT2D eigenvalue weighted by molar-refractivity contribution is 0.522. The number of benzene rings is 2. The summed E-state index contributed by atoms with van der Waals surface area (Å²) in [6, 6.07) is 9.98. The predicted octanol–water partition coefficient (Wildman–Crippen LogP) is 4.07. The standard InChI is InChI=1S/C16H13F2NO/c1-9-4-11(7-13(18)5-9)16(19)15-8-10-6-12(17)2-3-14(10)20-15/h2-8,16H,19H2,1H3. The first-order chi connectivity index (χ1) is 9.52. The van der Waals surface area contributed by atoms with Gasteiger partial charge >= 0.3 is 0 Å². The molecule has 1 aromatic heterocycles. The van der Waals surface area contributed by atoms with Gasteiger partial charge in [-0.05, 0) is 54.4 Å². The summed E-state index contributed by atoms with van der Waals surface area (Å²) in [6.07, 6.45) is 0. The first-order valence-electron chi connectivity index (χ1n) is 6.24. The van der Waals surface area contributed by atoms with E-state index in [1.54, 1.807) is 19.1 Å². The van der Waals surface area contributed by atoms with Gasteiger partial charge in [0, 0.05) is 5.39 Å². The van der Waals surface area contributed by atoms with E-state index in [1.807, 2.05) is 6.07 Å². The first-order valence-corrected chi connectivity index (χ1v) is 6.24. The number of nitrogens with two attached hydrogens (primary N) is 1. The summed E-state index contributed by atoms with van der Waals surface area (Å²) >= 11 is 0. The van der Waals surface area contributed by atoms with E-state index in [-0.39, 0.29) is 11.6 Å². The van der Waals surface area contributed by atoms with Crippen LogP contribution < -0.4 is 5.73 Å². The van der Waals surface area contributed by atoms with E-state index in [4.69, 9.17) is 10.2 Å². The molecule has 20 heavy (non-hydrogen) atoms. The summed E-state index contributed by atoms with van der Waals surface area (Å²) in [4.78, 5) is 0. The van der Waals surface area contributed by atoms with Crippen molar-refractivity contribution in [2.45, 2.75) is 13.0 Å². The lowest BCUT2D eigenvalue weighted by Gasteiger charge is -2.10. The average Bonchev–Trinajstić information content (AvgIpc) is 2.79. The molecule has 0 spiro atoms. The van der Waals surface area contributed by atoms with Gasteiger partial charge < -0.3 is 10.2 Å². The highest BCUT2D eigenvalue weighted by molar-refractivity contribution is 5.78. The second-order valence-electron chi connectivity index (χ2n) is 4.87. The third-order valence-corrected chi connectivity index (χ3v) is 3.23. The van der Waals surface area contributed by atoms with Gasteiger partial charge in [-0.15, -0.1) is 0 Å². The Balaban J connectivity index is 2.05. The number of furan rings is 1. The van der Waals surface area contributed by atoms with Crippen LogP contribution in [0.4, 0.5) is 8.78 Å². The van der Waals surface area contributed by atoms with Crippen molar-refractivity contribution < 1.29 is 13.2 Å². The summed E-state index contributed by atoms with van der Waals surface area (Å²) in [6.45, 7) is 1.80. The van der Waals surface area contributed by atoms with Crippen molar-refractivity contribution in [1.82, 2.24) is 0 Å². The van der Waals surface area contributed by atoms with Crippen LogP contribution in [0.5, 0.6) is 0 Å². The lowest BCUT2D eigenvalue weighted by atomic mass is 10.0. The molecule has 3 rings (SSSR count). The fourth-order valence-corrected chi connectivity index (χ4v) is 2.30. The molecule has 4 heteroatoms. The van der Waals surface area contributed by atoms with Gasteiger partial charge in [0.05, 0.1) is 6.04 Å². The fourth-order valence-electron chi connectivity index (χ4n) is 2.30. The minimum atomic E-state index is -0.583. The number of hydrogen-bond donors (Lipinski definition) is 1. The molecule has 1 heterocycles. The monoisotopic (exact) mass is 273 g/mol. The predicted molar refractivity (Wildman–Crippen MR) is 73.3 cm³/mol. The first kappa shape index (κ1) is 12.8. The second-order valence-corrected chi connectivity index (χ2v) is 4.87. The molecule has 0 aliphatic carbocycles. The maximum absolute atomic E-state index is 13.4. The Kier molecular flexibility index (Phi) is 3.03. The Morgan fingerprint density at radius 3 is 2.55 bits per heavy atom. The molecule has 1 atom stereocenters. The molecular weight excluding hydrogens is 260 g/mol. The largest absolute Gasteiger partial charge is 0.459 e. The zero-order valence-corrected chi connectivity index (χ0v) is 10.9. The Hall–Kier alpha value is -2.20. The third kappa shape index (κ3) is 2.30. The van der Waals surface area contributed by atoms with Crippen molar-refractivity contribution in [2.75, 3.05) is 0 Å². The van der Waals surface area contributed by atoms with Gasteiger partial charge in [-0.3, -0.25) is 0 Å². The summed E-state index contributed by atoms with van der Waals surface area (Å²) < 4.78 is 32.2. The molecule has 0 aliphatic rings. The molecule has 3 aromatic rings. The lowest BCUT2D eigenvalue weighted by Crippen LogP contribution is -2.11. The highest BCUT2D eigenvalue weighted by Gasteiger charge is 2.15. The maximum Gasteiger partial charge on any atom is 0.134 e. The van der Waals surface area contributed by atoms with Crippen LogP contribution in [-0.4, -0.2) is 0 Å². The van der Waals surface area contributed by atoms with Crippen molar-refractivity contribution in [3.63, 3.8) is 0 Å². The number of hydrogen-bond acceptors (Lipinski definition) is 2. The Labute approximate surface area is 114 Å². The number of fused-ring (bicyclic) bond motifs is 1. The smallest absolute Gasteiger partial charge is 0.134 e. The third-order valence-electron chi connectivity index (χ3n) is 3.23. The average molecular weight is 273 g/mol. The summed E-state index contributed by atoms with van der Waals surface area (Å²) in [5.41, 5.74) is 8.08. The zero-order valence-electron chi connectivity index (χ0n) is 10.9. The highest BCUT2D eigenvalue weighted by Crippen LogP contribution is 2.28. The molecular formula is C16H13F2NO. The Morgan fingerprint density at radius 2 is 1.80 bits per heavy atom. The van der Waals surface area contributed by atoms with E-state index < -0.39 is 6.04 Å². The SMILES string of the molecule is Cc1cc(F)cc(C(N)c2cc3cc(F)ccc3o2)c1. The quantitative estimate of drug-likeness (QED) is 0.764. The molecule has 2 N–H and O–H groups in total. The van der Waals surface area contributed by atoms with Gasteiger partial charge in [0.15, 0.2) is 0 Å². The van der Waals surface area contributed by atoms with Crippen LogP contribution in [0, 0.1) is 18.6 Å². The molecule has 1 unspecified atom stereocenters. The van der Waals surface area contributed by atoms with Gasteiger partial charge in [0.2, 0.25) is 0 Å². The molecule has 2 nitrogen and oxygen atoms in total. The number of aryl methyl sites for hydroxylation is 1. The van der Waals surface area contributed by atoms with Gasteiger partial charge in [0.1, 0.15) is 23.0 Å². The van der Waals surface area contributed by atoms with Crippen molar-refractivity contribution in [3.05, 3.63) is 71.0 Å². The van der Waals surface area contributed by atoms with Crippen LogP contribution in [0.1, 0.15) is 22.9 Å². The molecule has 0 radical (unpaired) electrons. The van der Waals surface area contributed by atoms with Gasteiger partial charge in [-0.25, -0.2) is 8.78 Å². The van der Waals surface area contributed by atoms with E-state index >= 15 is 0 Å². The normalized spacial score (nSPS) is 12.8. The molecule has 2 aromatic carbocycles. The fraction of sp³-hybridized carbons (Fsp3) is 0.125. The summed E-state index contributed by atoms with van der Waals surface area (Å²) in [7, 11) is 0. The Morgan fingerprint density at radius 1 is 1.00 bits per heavy atom. The zero-order chi connectivity index (χ0) is 14.3. The minimum absolute atomic E-state index is 0.333. The van der Waals surface area contributed by atoms with Crippen LogP contribution >= 0.6 is 0 Å². The molecule has 102 valence electrons. The topological polar surface area (TPSA) is 39.2 Å². The van der Waals surface area contributed by atoms with E-state index in [2.05, 4.69) is 0 Å². The van der Waals surface area contributed by atoms with Crippen molar-refractivity contribution >= 4 is 11.0 Å². The van der Waals surface area contributed by atoms with Crippen LogP contribution in [0.15, 0.2) is 46.9 Å². The van der Waals surface area contributed by atoms with Crippen molar-refractivity contribution in [1.29, 1.82) is 0 Å². The van der Waals surface area contributed by atoms with Crippen LogP contribution in [-0.2, 0) is 0 Å². The van der Waals surface area contributed by atoms with Crippen LogP contribution in [0.25, 0.3) is 11.0 Å². The van der Waals surface area contributed by atoms with Gasteiger partial charge in [0.25, 0.3) is 0 Å². The second kappa shape index (κ2) is 4.72. The number of halogens is 2. The molecule has 0 aliphatic heterocycles. The Bertz CT molecular complexity index is 759. The maximum atomic E-state index is 13.4. The van der Waals surface area contributed by atoms with Gasteiger partial charge in [-0.2, -0.15) is 0 Å². The molecule has 0 fully saturated rings. The van der Waals surface area contributed by atoms with Crippen molar-refractivity contribution in [3.8, 4) is 0 Å². The number of rotatable bonds is 2. The van der Waals surface area contributed by atoms with Crippen molar-refractivity contribution in [2.24, 2.45) is 5.73 Å². The molecule has 0 bridgehead atoms. The minimum Gasteiger partial charge on any atom is -0.459 e. The van der Waals surface area contributed by atoms with E-state index in [9.17, 15) is 8.78 Å². The summed E-state index contributed by atoms with van der Waals surface area (Å²) in [5.74, 6) is -0.187. The van der Waals surface area contributed by atoms with E-state index in [0.29, 0.717) is 22.3 Å². The summed E-state index contributed by atoms with van der Waals surface area (Å²) in [5, 5.41) is 0.642. The van der Waals surface area contributed by atoms with E-state index in [1.165, 1.54) is 24.3 Å². The molecule has 0 saturated heterocycles. The highest BCUT2D eigenvalue weighted by atomic mass is 19.1.